The van der Waals surface area contributed by atoms with Gasteiger partial charge in [-0.25, -0.2) is 4.68 Å². The van der Waals surface area contributed by atoms with Crippen LogP contribution in [0.3, 0.4) is 0 Å². The Kier molecular flexibility index (Phi) is 5.37. The summed E-state index contributed by atoms with van der Waals surface area (Å²) in [5.74, 6) is -0.331. The van der Waals surface area contributed by atoms with E-state index in [1.807, 2.05) is 31.2 Å². The van der Waals surface area contributed by atoms with Crippen molar-refractivity contribution in [2.45, 2.75) is 25.9 Å². The summed E-state index contributed by atoms with van der Waals surface area (Å²) in [5, 5.41) is 5.93. The zero-order valence-corrected chi connectivity index (χ0v) is 15.7. The van der Waals surface area contributed by atoms with Crippen LogP contribution in [-0.2, 0) is 17.8 Å². The number of hydrogen-bond donors (Lipinski definition) is 2. The monoisotopic (exact) mass is 415 g/mol. The summed E-state index contributed by atoms with van der Waals surface area (Å²) in [6.07, 6.45) is 0.669. The van der Waals surface area contributed by atoms with Crippen molar-refractivity contribution in [3.05, 3.63) is 79.3 Å². The van der Waals surface area contributed by atoms with Crippen molar-refractivity contribution in [2.75, 3.05) is 0 Å². The first kappa shape index (κ1) is 18.1. The fraction of sp³-hybridized carbons (Fsp3) is 0.211. The molecule has 0 aliphatic carbocycles. The Morgan fingerprint density at radius 1 is 1.12 bits per heavy atom. The van der Waals surface area contributed by atoms with E-state index >= 15 is 0 Å². The van der Waals surface area contributed by atoms with Gasteiger partial charge in [0.2, 0.25) is 5.91 Å². The molecule has 3 rings (SSSR count). The lowest BCUT2D eigenvalue weighted by Gasteiger charge is -2.15. The van der Waals surface area contributed by atoms with Gasteiger partial charge in [-0.05, 0) is 43.2 Å². The molecule has 1 unspecified atom stereocenters. The van der Waals surface area contributed by atoms with Gasteiger partial charge < -0.3 is 5.32 Å². The largest absolute Gasteiger partial charge is 0.352 e. The molecule has 0 saturated carbocycles. The molecular weight excluding hydrogens is 398 g/mol. The number of H-pyrrole nitrogens is 1. The fourth-order valence-corrected chi connectivity index (χ4v) is 3.11. The second kappa shape index (κ2) is 7.70. The first-order valence-corrected chi connectivity index (χ1v) is 8.99. The lowest BCUT2D eigenvalue weighted by atomic mass is 10.1. The standard InChI is InChI=1S/C19H18BrN3O3/c1-12(10-13-6-8-14(20)9-7-13)21-17(24)11-23-19(26)16-5-3-2-4-15(16)18(25)22-23/h2-9,12H,10-11H2,1H3,(H,21,24)(H,22,25). The van der Waals surface area contributed by atoms with Gasteiger partial charge in [-0.2, -0.15) is 0 Å². The minimum absolute atomic E-state index is 0.105. The molecule has 2 N–H and O–H groups in total. The van der Waals surface area contributed by atoms with Crippen LogP contribution in [-0.4, -0.2) is 21.7 Å². The molecule has 0 bridgehead atoms. The molecule has 3 aromatic rings. The highest BCUT2D eigenvalue weighted by Crippen LogP contribution is 2.11. The lowest BCUT2D eigenvalue weighted by Crippen LogP contribution is -2.40. The Morgan fingerprint density at radius 2 is 1.77 bits per heavy atom. The quantitative estimate of drug-likeness (QED) is 0.669. The van der Waals surface area contributed by atoms with Crippen LogP contribution in [0.2, 0.25) is 0 Å². The first-order valence-electron chi connectivity index (χ1n) is 8.19. The van der Waals surface area contributed by atoms with Crippen LogP contribution in [0, 0.1) is 0 Å². The van der Waals surface area contributed by atoms with Crippen molar-refractivity contribution in [3.8, 4) is 0 Å². The normalized spacial score (nSPS) is 12.1. The maximum atomic E-state index is 12.4. The van der Waals surface area contributed by atoms with Crippen molar-refractivity contribution < 1.29 is 4.79 Å². The van der Waals surface area contributed by atoms with Gasteiger partial charge in [-0.3, -0.25) is 19.5 Å². The molecule has 1 heterocycles. The summed E-state index contributed by atoms with van der Waals surface area (Å²) in [7, 11) is 0. The second-order valence-corrected chi connectivity index (χ2v) is 7.09. The molecule has 0 fully saturated rings. The molecule has 0 spiro atoms. The molecule has 1 aromatic heterocycles. The highest BCUT2D eigenvalue weighted by Gasteiger charge is 2.12. The summed E-state index contributed by atoms with van der Waals surface area (Å²) < 4.78 is 2.05. The van der Waals surface area contributed by atoms with Crippen LogP contribution in [0.15, 0.2) is 62.6 Å². The van der Waals surface area contributed by atoms with Gasteiger partial charge in [-0.15, -0.1) is 0 Å². The van der Waals surface area contributed by atoms with E-state index in [9.17, 15) is 14.4 Å². The number of carbonyl (C=O) groups is 1. The van der Waals surface area contributed by atoms with E-state index in [2.05, 4.69) is 26.3 Å². The number of benzene rings is 2. The third-order valence-corrected chi connectivity index (χ3v) is 4.58. The van der Waals surface area contributed by atoms with Crippen molar-refractivity contribution in [1.82, 2.24) is 15.1 Å². The van der Waals surface area contributed by atoms with E-state index in [0.29, 0.717) is 17.2 Å². The molecule has 134 valence electrons. The minimum Gasteiger partial charge on any atom is -0.352 e. The Hall–Kier alpha value is -2.67. The Balaban J connectivity index is 1.71. The Bertz CT molecular complexity index is 1050. The third-order valence-electron chi connectivity index (χ3n) is 4.05. The number of aromatic amines is 1. The smallest absolute Gasteiger partial charge is 0.273 e. The molecule has 0 saturated heterocycles. The summed E-state index contributed by atoms with van der Waals surface area (Å²) in [6.45, 7) is 1.66. The van der Waals surface area contributed by atoms with Crippen LogP contribution < -0.4 is 16.4 Å². The highest BCUT2D eigenvalue weighted by molar-refractivity contribution is 9.10. The van der Waals surface area contributed by atoms with E-state index in [-0.39, 0.29) is 18.5 Å². The zero-order valence-electron chi connectivity index (χ0n) is 14.2. The molecule has 1 atom stereocenters. The summed E-state index contributed by atoms with van der Waals surface area (Å²) in [4.78, 5) is 36.8. The van der Waals surface area contributed by atoms with E-state index < -0.39 is 11.1 Å². The van der Waals surface area contributed by atoms with Crippen LogP contribution in [0.25, 0.3) is 10.8 Å². The zero-order chi connectivity index (χ0) is 18.7. The SMILES string of the molecule is CC(Cc1ccc(Br)cc1)NC(=O)Cn1[nH]c(=O)c2ccccc2c1=O. The number of halogens is 1. The van der Waals surface area contributed by atoms with E-state index in [0.717, 1.165) is 14.7 Å². The Labute approximate surface area is 158 Å². The fourth-order valence-electron chi connectivity index (χ4n) is 2.85. The molecule has 0 radical (unpaired) electrons. The summed E-state index contributed by atoms with van der Waals surface area (Å²) in [5.41, 5.74) is 0.309. The van der Waals surface area contributed by atoms with Crippen LogP contribution in [0.5, 0.6) is 0 Å². The molecule has 7 heteroatoms. The van der Waals surface area contributed by atoms with Gasteiger partial charge in [0.25, 0.3) is 11.1 Å². The van der Waals surface area contributed by atoms with Crippen molar-refractivity contribution in [3.63, 3.8) is 0 Å². The van der Waals surface area contributed by atoms with E-state index in [4.69, 9.17) is 0 Å². The van der Waals surface area contributed by atoms with Gasteiger partial charge in [0, 0.05) is 10.5 Å². The number of carbonyl (C=O) groups excluding carboxylic acids is 1. The van der Waals surface area contributed by atoms with E-state index in [1.54, 1.807) is 24.3 Å². The maximum Gasteiger partial charge on any atom is 0.273 e. The maximum absolute atomic E-state index is 12.4. The predicted octanol–water partition coefficient (Wildman–Crippen LogP) is 2.20. The number of rotatable bonds is 5. The molecule has 6 nitrogen and oxygen atoms in total. The van der Waals surface area contributed by atoms with Gasteiger partial charge in [0.1, 0.15) is 6.54 Å². The van der Waals surface area contributed by atoms with Crippen molar-refractivity contribution in [2.24, 2.45) is 0 Å². The van der Waals surface area contributed by atoms with Crippen molar-refractivity contribution in [1.29, 1.82) is 0 Å². The lowest BCUT2D eigenvalue weighted by molar-refractivity contribution is -0.122. The highest BCUT2D eigenvalue weighted by atomic mass is 79.9. The van der Waals surface area contributed by atoms with Crippen LogP contribution in [0.1, 0.15) is 12.5 Å². The molecule has 2 aromatic carbocycles. The van der Waals surface area contributed by atoms with Gasteiger partial charge in [-0.1, -0.05) is 40.2 Å². The van der Waals surface area contributed by atoms with Gasteiger partial charge in [0.15, 0.2) is 0 Å². The summed E-state index contributed by atoms with van der Waals surface area (Å²) in [6, 6.07) is 14.3. The van der Waals surface area contributed by atoms with Crippen LogP contribution in [0.4, 0.5) is 0 Å². The topological polar surface area (TPSA) is 84.0 Å². The second-order valence-electron chi connectivity index (χ2n) is 6.18. The number of nitrogens with one attached hydrogen (secondary N) is 2. The van der Waals surface area contributed by atoms with E-state index in [1.165, 1.54) is 0 Å². The molecule has 0 aliphatic rings. The number of amides is 1. The molecule has 26 heavy (non-hydrogen) atoms. The predicted molar refractivity (Wildman–Crippen MR) is 104 cm³/mol. The minimum atomic E-state index is -0.393. The number of hydrogen-bond acceptors (Lipinski definition) is 3. The molecular formula is C19H18BrN3O3. The molecule has 0 aliphatic heterocycles. The average Bonchev–Trinajstić information content (AvgIpc) is 2.61. The third kappa shape index (κ3) is 4.11. The Morgan fingerprint density at radius 3 is 2.46 bits per heavy atom. The van der Waals surface area contributed by atoms with Crippen LogP contribution >= 0.6 is 15.9 Å². The number of nitrogens with zero attached hydrogens (tertiary/aromatic N) is 1. The van der Waals surface area contributed by atoms with Gasteiger partial charge >= 0.3 is 0 Å². The number of fused-ring (bicyclic) bond motifs is 1. The molecule has 1 amide bonds. The number of aromatic nitrogens is 2. The summed E-state index contributed by atoms with van der Waals surface area (Å²) >= 11 is 3.39. The average molecular weight is 416 g/mol. The van der Waals surface area contributed by atoms with Crippen molar-refractivity contribution >= 4 is 32.6 Å². The van der Waals surface area contributed by atoms with Gasteiger partial charge in [0.05, 0.1) is 10.8 Å². The first-order chi connectivity index (χ1) is 12.4.